The molecule has 2 amide bonds. The molecule has 0 spiro atoms. The first-order valence-corrected chi connectivity index (χ1v) is 8.56. The number of hydrogen-bond donors (Lipinski definition) is 2. The highest BCUT2D eigenvalue weighted by atomic mass is 19.1. The van der Waals surface area contributed by atoms with E-state index in [9.17, 15) is 9.18 Å². The van der Waals surface area contributed by atoms with Gasteiger partial charge in [-0.1, -0.05) is 19.1 Å². The number of carbonyl (C=O) groups is 1. The predicted molar refractivity (Wildman–Crippen MR) is 88.1 cm³/mol. The van der Waals surface area contributed by atoms with E-state index in [1.54, 1.807) is 6.07 Å². The highest BCUT2D eigenvalue weighted by Crippen LogP contribution is 2.32. The summed E-state index contributed by atoms with van der Waals surface area (Å²) in [5.74, 6) is -0.498. The first-order valence-electron chi connectivity index (χ1n) is 8.56. The van der Waals surface area contributed by atoms with Gasteiger partial charge in [0.25, 0.3) is 0 Å². The molecule has 1 aromatic rings. The minimum Gasteiger partial charge on any atom is -0.348 e. The third-order valence-corrected chi connectivity index (χ3v) is 4.75. The molecule has 1 aliphatic heterocycles. The Labute approximate surface area is 141 Å². The maximum atomic E-state index is 13.7. The lowest BCUT2D eigenvalue weighted by Gasteiger charge is -2.26. The van der Waals surface area contributed by atoms with Crippen molar-refractivity contribution in [2.45, 2.75) is 44.9 Å². The number of rotatable bonds is 5. The van der Waals surface area contributed by atoms with Crippen LogP contribution in [0.4, 0.5) is 9.18 Å². The van der Waals surface area contributed by atoms with Crippen molar-refractivity contribution in [2.24, 2.45) is 5.92 Å². The molecule has 2 atom stereocenters. The third kappa shape index (κ3) is 3.87. The fourth-order valence-corrected chi connectivity index (χ4v) is 3.62. The molecule has 2 N–H and O–H groups in total. The van der Waals surface area contributed by atoms with Crippen LogP contribution in [0, 0.1) is 11.7 Å². The Morgan fingerprint density at radius 2 is 2.17 bits per heavy atom. The Kier molecular flexibility index (Phi) is 5.06. The van der Waals surface area contributed by atoms with E-state index in [0.717, 1.165) is 24.0 Å². The molecule has 132 valence electrons. The summed E-state index contributed by atoms with van der Waals surface area (Å²) in [6.45, 7) is 5.76. The molecule has 24 heavy (non-hydrogen) atoms. The number of amides is 2. The molecule has 0 bridgehead atoms. The second kappa shape index (κ2) is 7.07. The van der Waals surface area contributed by atoms with Gasteiger partial charge in [-0.15, -0.1) is 0 Å². The Bertz CT molecular complexity index is 602. The van der Waals surface area contributed by atoms with Crippen LogP contribution in [0.1, 0.15) is 43.9 Å². The van der Waals surface area contributed by atoms with Crippen molar-refractivity contribution in [1.82, 2.24) is 10.6 Å². The first kappa shape index (κ1) is 17.2. The largest absolute Gasteiger partial charge is 0.348 e. The molecule has 6 heteroatoms. The van der Waals surface area contributed by atoms with Gasteiger partial charge >= 0.3 is 6.03 Å². The van der Waals surface area contributed by atoms with Crippen molar-refractivity contribution in [3.05, 3.63) is 35.1 Å². The lowest BCUT2D eigenvalue weighted by atomic mass is 10.0. The molecule has 0 unspecified atom stereocenters. The van der Waals surface area contributed by atoms with Gasteiger partial charge in [-0.2, -0.15) is 0 Å². The number of halogens is 1. The fourth-order valence-electron chi connectivity index (χ4n) is 3.62. The number of nitrogens with one attached hydrogen (secondary N) is 2. The third-order valence-electron chi connectivity index (χ3n) is 4.75. The van der Waals surface area contributed by atoms with E-state index in [1.165, 1.54) is 6.07 Å². The summed E-state index contributed by atoms with van der Waals surface area (Å²) in [6, 6.07) is 4.70. The summed E-state index contributed by atoms with van der Waals surface area (Å²) in [5.41, 5.74) is 1.61. The van der Waals surface area contributed by atoms with Gasteiger partial charge < -0.3 is 20.1 Å². The smallest absolute Gasteiger partial charge is 0.315 e. The zero-order chi connectivity index (χ0) is 17.2. The van der Waals surface area contributed by atoms with Crippen LogP contribution in [-0.4, -0.2) is 31.6 Å². The average molecular weight is 336 g/mol. The van der Waals surface area contributed by atoms with Gasteiger partial charge in [0, 0.05) is 13.0 Å². The SMILES string of the molecule is C[C@@H](CNC(=O)N[C@@H]1CCc2c(F)cccc21)CC1(C)OCCO1. The Balaban J connectivity index is 1.46. The van der Waals surface area contributed by atoms with E-state index in [-0.39, 0.29) is 23.8 Å². The van der Waals surface area contributed by atoms with Gasteiger partial charge in [0.1, 0.15) is 5.82 Å². The molecule has 1 fully saturated rings. The zero-order valence-electron chi connectivity index (χ0n) is 14.2. The monoisotopic (exact) mass is 336 g/mol. The van der Waals surface area contributed by atoms with E-state index in [2.05, 4.69) is 17.6 Å². The molecule has 1 saturated heterocycles. The van der Waals surface area contributed by atoms with Crippen molar-refractivity contribution in [3.63, 3.8) is 0 Å². The number of fused-ring (bicyclic) bond motifs is 1. The van der Waals surface area contributed by atoms with Crippen LogP contribution in [0.2, 0.25) is 0 Å². The minimum absolute atomic E-state index is 0.120. The van der Waals surface area contributed by atoms with Crippen molar-refractivity contribution < 1.29 is 18.7 Å². The molecule has 2 aliphatic rings. The minimum atomic E-state index is -0.542. The van der Waals surface area contributed by atoms with E-state index in [4.69, 9.17) is 9.47 Å². The molecular formula is C18H25FN2O3. The molecule has 1 heterocycles. The average Bonchev–Trinajstić information content (AvgIpc) is 3.13. The summed E-state index contributed by atoms with van der Waals surface area (Å²) >= 11 is 0. The van der Waals surface area contributed by atoms with Gasteiger partial charge in [-0.25, -0.2) is 9.18 Å². The molecular weight excluding hydrogens is 311 g/mol. The second-order valence-corrected chi connectivity index (χ2v) is 6.89. The van der Waals surface area contributed by atoms with Crippen LogP contribution in [0.5, 0.6) is 0 Å². The van der Waals surface area contributed by atoms with Crippen molar-refractivity contribution in [1.29, 1.82) is 0 Å². The van der Waals surface area contributed by atoms with E-state index < -0.39 is 5.79 Å². The zero-order valence-corrected chi connectivity index (χ0v) is 14.2. The first-order chi connectivity index (χ1) is 11.5. The lowest BCUT2D eigenvalue weighted by Crippen LogP contribution is -2.40. The topological polar surface area (TPSA) is 59.6 Å². The maximum Gasteiger partial charge on any atom is 0.315 e. The molecule has 5 nitrogen and oxygen atoms in total. The van der Waals surface area contributed by atoms with Crippen LogP contribution < -0.4 is 10.6 Å². The standard InChI is InChI=1S/C18H25FN2O3/c1-12(10-18(2)23-8-9-24-18)11-20-17(22)21-16-7-6-13-14(16)4-3-5-15(13)19/h3-5,12,16H,6-11H2,1-2H3,(H2,20,21,22)/t12-,16-/m1/s1. The van der Waals surface area contributed by atoms with Crippen molar-refractivity contribution >= 4 is 6.03 Å². The van der Waals surface area contributed by atoms with Gasteiger partial charge in [-0.05, 0) is 42.9 Å². The molecule has 0 saturated carbocycles. The highest BCUT2D eigenvalue weighted by Gasteiger charge is 2.32. The Hall–Kier alpha value is -1.66. The predicted octanol–water partition coefficient (Wildman–Crippen LogP) is 2.90. The van der Waals surface area contributed by atoms with E-state index >= 15 is 0 Å². The van der Waals surface area contributed by atoms with Gasteiger partial charge in [0.2, 0.25) is 0 Å². The fraction of sp³-hybridized carbons (Fsp3) is 0.611. The summed E-state index contributed by atoms with van der Waals surface area (Å²) in [4.78, 5) is 12.1. The van der Waals surface area contributed by atoms with Crippen LogP contribution in [0.3, 0.4) is 0 Å². The summed E-state index contributed by atoms with van der Waals surface area (Å²) in [7, 11) is 0. The van der Waals surface area contributed by atoms with Crippen LogP contribution in [-0.2, 0) is 15.9 Å². The summed E-state index contributed by atoms with van der Waals surface area (Å²) < 4.78 is 24.9. The molecule has 1 aromatic carbocycles. The normalized spacial score (nSPS) is 22.9. The maximum absolute atomic E-state index is 13.7. The van der Waals surface area contributed by atoms with Crippen LogP contribution in [0.25, 0.3) is 0 Å². The van der Waals surface area contributed by atoms with E-state index in [0.29, 0.717) is 26.2 Å². The summed E-state index contributed by atoms with van der Waals surface area (Å²) in [6.07, 6.45) is 2.13. The van der Waals surface area contributed by atoms with Gasteiger partial charge in [-0.3, -0.25) is 0 Å². The molecule has 0 aromatic heterocycles. The van der Waals surface area contributed by atoms with Gasteiger partial charge in [0.15, 0.2) is 5.79 Å². The number of hydrogen-bond acceptors (Lipinski definition) is 3. The quantitative estimate of drug-likeness (QED) is 0.869. The lowest BCUT2D eigenvalue weighted by molar-refractivity contribution is -0.153. The van der Waals surface area contributed by atoms with Crippen LogP contribution in [0.15, 0.2) is 18.2 Å². The van der Waals surface area contributed by atoms with E-state index in [1.807, 2.05) is 13.0 Å². The number of carbonyl (C=O) groups excluding carboxylic acids is 1. The highest BCUT2D eigenvalue weighted by molar-refractivity contribution is 5.74. The second-order valence-electron chi connectivity index (χ2n) is 6.89. The Morgan fingerprint density at radius 3 is 2.92 bits per heavy atom. The van der Waals surface area contributed by atoms with Crippen molar-refractivity contribution in [2.75, 3.05) is 19.8 Å². The number of benzene rings is 1. The van der Waals surface area contributed by atoms with Gasteiger partial charge in [0.05, 0.1) is 19.3 Å². The van der Waals surface area contributed by atoms with Crippen LogP contribution >= 0.6 is 0 Å². The molecule has 0 radical (unpaired) electrons. The van der Waals surface area contributed by atoms with Crippen molar-refractivity contribution in [3.8, 4) is 0 Å². The number of urea groups is 1. The Morgan fingerprint density at radius 1 is 1.42 bits per heavy atom. The molecule has 1 aliphatic carbocycles. The number of ether oxygens (including phenoxy) is 2. The summed E-state index contributed by atoms with van der Waals surface area (Å²) in [5, 5.41) is 5.83. The molecule has 3 rings (SSSR count).